The molecule has 2 N–H and O–H groups in total. The fourth-order valence-electron chi connectivity index (χ4n) is 3.05. The van der Waals surface area contributed by atoms with Crippen LogP contribution in [0.1, 0.15) is 31.2 Å². The van der Waals surface area contributed by atoms with Crippen molar-refractivity contribution in [1.29, 1.82) is 0 Å². The molecular formula is C17H23F3N2O2. The highest BCUT2D eigenvalue weighted by Crippen LogP contribution is 2.41. The summed E-state index contributed by atoms with van der Waals surface area (Å²) < 4.78 is 40.1. The highest BCUT2D eigenvalue weighted by molar-refractivity contribution is 5.81. The Bertz CT molecular complexity index is 551. The van der Waals surface area contributed by atoms with Crippen molar-refractivity contribution in [3.05, 3.63) is 35.9 Å². The van der Waals surface area contributed by atoms with Crippen LogP contribution in [0.2, 0.25) is 0 Å². The second-order valence-electron chi connectivity index (χ2n) is 6.26. The van der Waals surface area contributed by atoms with Gasteiger partial charge in [0, 0.05) is 13.0 Å². The summed E-state index contributed by atoms with van der Waals surface area (Å²) in [4.78, 5) is 14.1. The number of likely N-dealkylation sites (N-methyl/N-ethyl adjacent to an activating group) is 1. The van der Waals surface area contributed by atoms with Crippen molar-refractivity contribution >= 4 is 5.91 Å². The van der Waals surface area contributed by atoms with Crippen LogP contribution >= 0.6 is 0 Å². The van der Waals surface area contributed by atoms with Gasteiger partial charge in [-0.2, -0.15) is 13.2 Å². The Morgan fingerprint density at radius 2 is 1.96 bits per heavy atom. The van der Waals surface area contributed by atoms with E-state index in [1.807, 2.05) is 11.9 Å². The summed E-state index contributed by atoms with van der Waals surface area (Å²) in [6.07, 6.45) is -2.80. The van der Waals surface area contributed by atoms with Gasteiger partial charge >= 0.3 is 6.18 Å². The van der Waals surface area contributed by atoms with Crippen molar-refractivity contribution in [3.63, 3.8) is 0 Å². The average Bonchev–Trinajstić information content (AvgIpc) is 2.54. The average molecular weight is 344 g/mol. The van der Waals surface area contributed by atoms with Gasteiger partial charge in [-0.25, -0.2) is 0 Å². The van der Waals surface area contributed by atoms with Crippen molar-refractivity contribution < 1.29 is 23.1 Å². The molecule has 2 rings (SSSR count). The number of benzene rings is 1. The van der Waals surface area contributed by atoms with E-state index in [1.54, 1.807) is 6.07 Å². The summed E-state index contributed by atoms with van der Waals surface area (Å²) in [6, 6.07) is 6.65. The number of halogens is 3. The number of nitrogens with zero attached hydrogens (tertiary/aromatic N) is 1. The third-order valence-electron chi connectivity index (χ3n) is 4.58. The van der Waals surface area contributed by atoms with Gasteiger partial charge in [-0.15, -0.1) is 0 Å². The number of hydrogen-bond donors (Lipinski definition) is 2. The summed E-state index contributed by atoms with van der Waals surface area (Å²) in [5.41, 5.74) is -3.19. The Hall–Kier alpha value is -1.60. The van der Waals surface area contributed by atoms with E-state index in [1.165, 1.54) is 24.3 Å². The van der Waals surface area contributed by atoms with E-state index in [2.05, 4.69) is 5.32 Å². The molecule has 0 unspecified atom stereocenters. The zero-order valence-electron chi connectivity index (χ0n) is 13.6. The fourth-order valence-corrected chi connectivity index (χ4v) is 3.05. The Balaban J connectivity index is 2.00. The lowest BCUT2D eigenvalue weighted by Gasteiger charge is -2.33. The number of carbonyl (C=O) groups excluding carboxylic acids is 1. The highest BCUT2D eigenvalue weighted by atomic mass is 19.4. The quantitative estimate of drug-likeness (QED) is 0.863. The van der Waals surface area contributed by atoms with E-state index in [-0.39, 0.29) is 24.1 Å². The molecule has 1 aliphatic heterocycles. The van der Waals surface area contributed by atoms with Crippen LogP contribution in [0.3, 0.4) is 0 Å². The Morgan fingerprint density at radius 3 is 2.54 bits per heavy atom. The number of hydrogen-bond acceptors (Lipinski definition) is 3. The van der Waals surface area contributed by atoms with Gasteiger partial charge in [0.2, 0.25) is 5.91 Å². The highest BCUT2D eigenvalue weighted by Gasteiger charge is 2.54. The van der Waals surface area contributed by atoms with Gasteiger partial charge < -0.3 is 10.4 Å². The third kappa shape index (κ3) is 4.08. The van der Waals surface area contributed by atoms with Crippen molar-refractivity contribution in [2.75, 3.05) is 20.1 Å². The van der Waals surface area contributed by atoms with Crippen LogP contribution in [0.15, 0.2) is 30.3 Å². The molecule has 1 heterocycles. The standard InChI is InChI=1S/C17H23F3N2O2/c1-22-12-6-5-9-14(22)15(23)21-11-10-16(24,17(18,19)20)13-7-3-2-4-8-13/h2-4,7-8,14,24H,5-6,9-12H2,1H3,(H,21,23)/t14-,16-/m1/s1. The number of nitrogens with one attached hydrogen (secondary N) is 1. The summed E-state index contributed by atoms with van der Waals surface area (Å²) >= 11 is 0. The second kappa shape index (κ2) is 7.53. The molecule has 0 radical (unpaired) electrons. The van der Waals surface area contributed by atoms with E-state index in [9.17, 15) is 23.1 Å². The SMILES string of the molecule is CN1CCCC[C@@H]1C(=O)NCC[C@@](O)(c1ccccc1)C(F)(F)F. The summed E-state index contributed by atoms with van der Waals surface area (Å²) in [5.74, 6) is -0.283. The molecule has 24 heavy (non-hydrogen) atoms. The van der Waals surface area contributed by atoms with Gasteiger partial charge in [-0.1, -0.05) is 36.8 Å². The maximum absolute atomic E-state index is 13.4. The topological polar surface area (TPSA) is 52.6 Å². The molecule has 0 aliphatic carbocycles. The molecule has 1 aliphatic rings. The van der Waals surface area contributed by atoms with Crippen LogP contribution in [-0.4, -0.2) is 48.3 Å². The predicted molar refractivity (Wildman–Crippen MR) is 84.3 cm³/mol. The smallest absolute Gasteiger partial charge is 0.376 e. The van der Waals surface area contributed by atoms with Gasteiger partial charge in [0.25, 0.3) is 0 Å². The van der Waals surface area contributed by atoms with Crippen LogP contribution in [0, 0.1) is 0 Å². The molecule has 1 fully saturated rings. The van der Waals surface area contributed by atoms with E-state index in [0.717, 1.165) is 19.4 Å². The maximum Gasteiger partial charge on any atom is 0.421 e. The summed E-state index contributed by atoms with van der Waals surface area (Å²) in [7, 11) is 1.83. The Kier molecular flexibility index (Phi) is 5.87. The molecule has 4 nitrogen and oxygen atoms in total. The van der Waals surface area contributed by atoms with Crippen LogP contribution in [0.4, 0.5) is 13.2 Å². The molecule has 0 saturated carbocycles. The fraction of sp³-hybridized carbons (Fsp3) is 0.588. The minimum atomic E-state index is -4.82. The van der Waals surface area contributed by atoms with E-state index < -0.39 is 18.2 Å². The Labute approximate surface area is 139 Å². The molecule has 0 aromatic heterocycles. The lowest BCUT2D eigenvalue weighted by molar-refractivity contribution is -0.268. The Morgan fingerprint density at radius 1 is 1.29 bits per heavy atom. The molecule has 0 spiro atoms. The maximum atomic E-state index is 13.4. The number of alkyl halides is 3. The number of carbonyl (C=O) groups is 1. The number of piperidine rings is 1. The second-order valence-corrected chi connectivity index (χ2v) is 6.26. The van der Waals surface area contributed by atoms with E-state index in [0.29, 0.717) is 6.42 Å². The molecular weight excluding hydrogens is 321 g/mol. The normalized spacial score (nSPS) is 22.0. The van der Waals surface area contributed by atoms with Crippen molar-refractivity contribution in [2.45, 2.75) is 43.5 Å². The molecule has 0 bridgehead atoms. The van der Waals surface area contributed by atoms with Gasteiger partial charge in [-0.05, 0) is 32.0 Å². The lowest BCUT2D eigenvalue weighted by Crippen LogP contribution is -2.49. The first kappa shape index (κ1) is 18.7. The number of aliphatic hydroxyl groups is 1. The van der Waals surface area contributed by atoms with Crippen LogP contribution in [-0.2, 0) is 10.4 Å². The van der Waals surface area contributed by atoms with Crippen LogP contribution in [0.5, 0.6) is 0 Å². The summed E-state index contributed by atoms with van der Waals surface area (Å²) in [6.45, 7) is 0.558. The predicted octanol–water partition coefficient (Wildman–Crippen LogP) is 2.43. The third-order valence-corrected chi connectivity index (χ3v) is 4.58. The van der Waals surface area contributed by atoms with Crippen molar-refractivity contribution in [1.82, 2.24) is 10.2 Å². The molecule has 1 aromatic rings. The number of likely N-dealkylation sites (tertiary alicyclic amines) is 1. The largest absolute Gasteiger partial charge is 0.421 e. The first-order valence-electron chi connectivity index (χ1n) is 8.08. The van der Waals surface area contributed by atoms with E-state index >= 15 is 0 Å². The first-order valence-corrected chi connectivity index (χ1v) is 8.08. The zero-order valence-corrected chi connectivity index (χ0v) is 13.6. The molecule has 134 valence electrons. The lowest BCUT2D eigenvalue weighted by atomic mass is 9.89. The van der Waals surface area contributed by atoms with Gasteiger partial charge in [0.15, 0.2) is 5.60 Å². The molecule has 2 atom stereocenters. The number of amides is 1. The first-order chi connectivity index (χ1) is 11.3. The van der Waals surface area contributed by atoms with Gasteiger partial charge in [0.1, 0.15) is 0 Å². The van der Waals surface area contributed by atoms with Gasteiger partial charge in [-0.3, -0.25) is 9.69 Å². The summed E-state index contributed by atoms with van der Waals surface area (Å²) in [5, 5.41) is 12.7. The molecule has 1 saturated heterocycles. The minimum Gasteiger partial charge on any atom is -0.376 e. The molecule has 1 amide bonds. The van der Waals surface area contributed by atoms with Crippen LogP contribution in [0.25, 0.3) is 0 Å². The zero-order chi connectivity index (χ0) is 17.8. The van der Waals surface area contributed by atoms with Gasteiger partial charge in [0.05, 0.1) is 6.04 Å². The molecule has 1 aromatic carbocycles. The minimum absolute atomic E-state index is 0.221. The van der Waals surface area contributed by atoms with Crippen molar-refractivity contribution in [2.24, 2.45) is 0 Å². The van der Waals surface area contributed by atoms with Crippen LogP contribution < -0.4 is 5.32 Å². The van der Waals surface area contributed by atoms with Crippen molar-refractivity contribution in [3.8, 4) is 0 Å². The number of rotatable bonds is 5. The molecule has 7 heteroatoms. The monoisotopic (exact) mass is 344 g/mol. The van der Waals surface area contributed by atoms with E-state index in [4.69, 9.17) is 0 Å².